The van der Waals surface area contributed by atoms with E-state index in [1.165, 1.54) is 135 Å². The van der Waals surface area contributed by atoms with Gasteiger partial charge in [0.25, 0.3) is 0 Å². The van der Waals surface area contributed by atoms with Crippen molar-refractivity contribution in [3.63, 3.8) is 0 Å². The van der Waals surface area contributed by atoms with Gasteiger partial charge < -0.3 is 0 Å². The SMILES string of the molecule is CCCCCCCCCC[PH](C)(CCCCCCCCCC)CCCCCCCCCC. The van der Waals surface area contributed by atoms with Gasteiger partial charge in [0, 0.05) is 0 Å². The van der Waals surface area contributed by atoms with Gasteiger partial charge in [0.2, 0.25) is 0 Å². The Kier molecular flexibility index (Phi) is 26.4. The van der Waals surface area contributed by atoms with Crippen LogP contribution in [0.4, 0.5) is 0 Å². The number of unbranched alkanes of at least 4 members (excludes halogenated alkanes) is 21. The molecule has 0 aliphatic carbocycles. The van der Waals surface area contributed by atoms with Crippen molar-refractivity contribution in [1.29, 1.82) is 0 Å². The Balaban J connectivity index is 4.04. The summed E-state index contributed by atoms with van der Waals surface area (Å²) in [5.74, 6) is 0. The first-order valence-electron chi connectivity index (χ1n) is 15.7. The second-order valence-corrected chi connectivity index (χ2v) is 16.6. The van der Waals surface area contributed by atoms with E-state index in [0.717, 1.165) is 0 Å². The fourth-order valence-electron chi connectivity index (χ4n) is 5.43. The predicted molar refractivity (Wildman–Crippen MR) is 157 cm³/mol. The normalized spacial score (nSPS) is 12.5. The third-order valence-corrected chi connectivity index (χ3v) is 12.6. The molecule has 0 fully saturated rings. The Bertz CT molecular complexity index is 287. The molecule has 196 valence electrons. The molecule has 0 bridgehead atoms. The quantitative estimate of drug-likeness (QED) is 0.0826. The minimum atomic E-state index is -0.993. The first kappa shape index (κ1) is 32.4. The zero-order valence-corrected chi connectivity index (χ0v) is 24.6. The van der Waals surface area contributed by atoms with E-state index in [1.54, 1.807) is 37.7 Å². The van der Waals surface area contributed by atoms with E-state index in [4.69, 9.17) is 0 Å². The van der Waals surface area contributed by atoms with Crippen LogP contribution in [-0.2, 0) is 0 Å². The molecule has 0 spiro atoms. The Hall–Kier alpha value is 0.430. The average molecular weight is 471 g/mol. The van der Waals surface area contributed by atoms with Gasteiger partial charge >= 0.3 is 207 Å². The minimum absolute atomic E-state index is 0.993. The van der Waals surface area contributed by atoms with Gasteiger partial charge in [0.05, 0.1) is 0 Å². The standard InChI is InChI=1S/C31H67P/c1-5-8-11-14-17-20-23-26-29-32(4,30-27-24-21-18-15-12-9-6-2)31-28-25-22-19-16-13-10-7-3/h32H,5-31H2,1-4H3. The van der Waals surface area contributed by atoms with Crippen LogP contribution < -0.4 is 0 Å². The van der Waals surface area contributed by atoms with Crippen LogP contribution in [0.2, 0.25) is 0 Å². The van der Waals surface area contributed by atoms with Crippen LogP contribution in [0.1, 0.15) is 175 Å². The maximum absolute atomic E-state index is 2.79. The van der Waals surface area contributed by atoms with Crippen LogP contribution >= 0.6 is 7.26 Å². The Morgan fingerprint density at radius 1 is 0.281 bits per heavy atom. The molecule has 0 aliphatic rings. The van der Waals surface area contributed by atoms with Gasteiger partial charge in [-0.05, 0) is 0 Å². The fraction of sp³-hybridized carbons (Fsp3) is 1.00. The van der Waals surface area contributed by atoms with Crippen LogP contribution in [0, 0.1) is 0 Å². The molecule has 0 saturated heterocycles. The van der Waals surface area contributed by atoms with Crippen molar-refractivity contribution in [2.45, 2.75) is 175 Å². The molecule has 0 aromatic carbocycles. The van der Waals surface area contributed by atoms with E-state index in [1.807, 2.05) is 0 Å². The fourth-order valence-corrected chi connectivity index (χ4v) is 9.49. The Morgan fingerprint density at radius 2 is 0.469 bits per heavy atom. The van der Waals surface area contributed by atoms with E-state index >= 15 is 0 Å². The van der Waals surface area contributed by atoms with Crippen LogP contribution in [0.25, 0.3) is 0 Å². The van der Waals surface area contributed by atoms with Crippen molar-refractivity contribution < 1.29 is 0 Å². The zero-order chi connectivity index (χ0) is 23.6. The molecule has 0 aliphatic heterocycles. The van der Waals surface area contributed by atoms with Crippen molar-refractivity contribution in [3.05, 3.63) is 0 Å². The molecule has 0 saturated carbocycles. The molecule has 0 nitrogen and oxygen atoms in total. The molecule has 0 rings (SSSR count). The summed E-state index contributed by atoms with van der Waals surface area (Å²) in [6.45, 7) is 9.76. The molecule has 0 heterocycles. The second kappa shape index (κ2) is 26.0. The summed E-state index contributed by atoms with van der Waals surface area (Å²) in [6, 6.07) is 0. The van der Waals surface area contributed by atoms with E-state index < -0.39 is 7.26 Å². The molecule has 0 amide bonds. The monoisotopic (exact) mass is 470 g/mol. The summed E-state index contributed by atoms with van der Waals surface area (Å²) in [5, 5.41) is 0. The average Bonchev–Trinajstić information content (AvgIpc) is 2.79. The summed E-state index contributed by atoms with van der Waals surface area (Å²) >= 11 is 0. The molecule has 0 aromatic heterocycles. The van der Waals surface area contributed by atoms with Gasteiger partial charge in [-0.25, -0.2) is 0 Å². The van der Waals surface area contributed by atoms with E-state index in [0.29, 0.717) is 0 Å². The van der Waals surface area contributed by atoms with Crippen LogP contribution in [0.15, 0.2) is 0 Å². The van der Waals surface area contributed by atoms with Crippen molar-refractivity contribution in [2.75, 3.05) is 25.2 Å². The van der Waals surface area contributed by atoms with Gasteiger partial charge in [-0.3, -0.25) is 0 Å². The first-order chi connectivity index (χ1) is 15.7. The predicted octanol–water partition coefficient (Wildman–Crippen LogP) is 11.8. The molecule has 0 radical (unpaired) electrons. The third-order valence-electron chi connectivity index (χ3n) is 7.90. The van der Waals surface area contributed by atoms with Crippen molar-refractivity contribution >= 4 is 7.26 Å². The number of rotatable bonds is 27. The number of hydrogen-bond donors (Lipinski definition) is 0. The van der Waals surface area contributed by atoms with E-state index in [-0.39, 0.29) is 0 Å². The molecule has 0 unspecified atom stereocenters. The third kappa shape index (κ3) is 23.6. The molecular formula is C31H67P. The van der Waals surface area contributed by atoms with Gasteiger partial charge in [-0.15, -0.1) is 0 Å². The Labute approximate surface area is 207 Å². The second-order valence-electron chi connectivity index (χ2n) is 11.5. The van der Waals surface area contributed by atoms with Crippen LogP contribution in [0.3, 0.4) is 0 Å². The Morgan fingerprint density at radius 3 is 0.688 bits per heavy atom. The van der Waals surface area contributed by atoms with E-state index in [9.17, 15) is 0 Å². The first-order valence-corrected chi connectivity index (χ1v) is 18.8. The number of hydrogen-bond acceptors (Lipinski definition) is 0. The maximum atomic E-state index is 2.79. The molecular weight excluding hydrogens is 403 g/mol. The van der Waals surface area contributed by atoms with Crippen LogP contribution in [-0.4, -0.2) is 25.2 Å². The van der Waals surface area contributed by atoms with Crippen molar-refractivity contribution in [1.82, 2.24) is 0 Å². The van der Waals surface area contributed by atoms with Crippen molar-refractivity contribution in [2.24, 2.45) is 0 Å². The van der Waals surface area contributed by atoms with Crippen LogP contribution in [0.5, 0.6) is 0 Å². The van der Waals surface area contributed by atoms with E-state index in [2.05, 4.69) is 27.4 Å². The summed E-state index contributed by atoms with van der Waals surface area (Å²) in [5.41, 5.74) is 0. The topological polar surface area (TPSA) is 0 Å². The zero-order valence-electron chi connectivity index (χ0n) is 23.6. The van der Waals surface area contributed by atoms with Gasteiger partial charge in [-0.2, -0.15) is 0 Å². The summed E-state index contributed by atoms with van der Waals surface area (Å²) < 4.78 is 0. The van der Waals surface area contributed by atoms with Crippen molar-refractivity contribution in [3.8, 4) is 0 Å². The van der Waals surface area contributed by atoms with Gasteiger partial charge in [-0.1, -0.05) is 0 Å². The molecule has 32 heavy (non-hydrogen) atoms. The molecule has 1 heteroatoms. The molecule has 0 atom stereocenters. The molecule has 0 N–H and O–H groups in total. The summed E-state index contributed by atoms with van der Waals surface area (Å²) in [6.07, 6.45) is 40.4. The summed E-state index contributed by atoms with van der Waals surface area (Å²) in [4.78, 5) is 0. The molecule has 0 aromatic rings. The summed E-state index contributed by atoms with van der Waals surface area (Å²) in [7, 11) is -0.993. The van der Waals surface area contributed by atoms with Gasteiger partial charge in [0.1, 0.15) is 0 Å². The van der Waals surface area contributed by atoms with Gasteiger partial charge in [0.15, 0.2) is 0 Å².